The van der Waals surface area contributed by atoms with E-state index < -0.39 is 10.0 Å². The second-order valence-electron chi connectivity index (χ2n) is 7.71. The third-order valence-corrected chi connectivity index (χ3v) is 6.96. The third-order valence-electron chi connectivity index (χ3n) is 5.16. The van der Waals surface area contributed by atoms with Crippen molar-refractivity contribution >= 4 is 21.6 Å². The Kier molecular flexibility index (Phi) is 7.20. The first kappa shape index (κ1) is 23.3. The molecule has 0 aliphatic carbocycles. The fraction of sp³-hybridized carbons (Fsp3) is 0.240. The van der Waals surface area contributed by atoms with Gasteiger partial charge in [0, 0.05) is 12.6 Å². The summed E-state index contributed by atoms with van der Waals surface area (Å²) in [6.07, 6.45) is 0. The molecule has 0 aliphatic rings. The first-order valence-electron chi connectivity index (χ1n) is 10.3. The molecule has 0 saturated carbocycles. The molecular weight excluding hydrogens is 424 g/mol. The molecule has 0 bridgehead atoms. The van der Waals surface area contributed by atoms with E-state index in [1.54, 1.807) is 48.5 Å². The Balaban J connectivity index is 1.58. The lowest BCUT2D eigenvalue weighted by Gasteiger charge is -2.20. The van der Waals surface area contributed by atoms with Gasteiger partial charge in [-0.1, -0.05) is 29.8 Å². The van der Waals surface area contributed by atoms with Crippen LogP contribution in [0.2, 0.25) is 0 Å². The number of carbonyl (C=O) groups is 1. The lowest BCUT2D eigenvalue weighted by Crippen LogP contribution is -2.28. The first-order valence-corrected chi connectivity index (χ1v) is 11.8. The van der Waals surface area contributed by atoms with Gasteiger partial charge in [-0.05, 0) is 74.4 Å². The van der Waals surface area contributed by atoms with Crippen LogP contribution in [0.3, 0.4) is 0 Å². The van der Waals surface area contributed by atoms with Crippen LogP contribution >= 0.6 is 0 Å². The number of aryl methyl sites for hydroxylation is 3. The van der Waals surface area contributed by atoms with E-state index in [4.69, 9.17) is 4.74 Å². The molecule has 1 N–H and O–H groups in total. The van der Waals surface area contributed by atoms with E-state index in [1.807, 2.05) is 39.0 Å². The van der Waals surface area contributed by atoms with Crippen LogP contribution in [0.15, 0.2) is 71.6 Å². The second kappa shape index (κ2) is 9.87. The van der Waals surface area contributed by atoms with E-state index in [2.05, 4.69) is 5.32 Å². The monoisotopic (exact) mass is 452 g/mol. The molecule has 3 rings (SSSR count). The van der Waals surface area contributed by atoms with Crippen molar-refractivity contribution in [1.82, 2.24) is 5.32 Å². The summed E-state index contributed by atoms with van der Waals surface area (Å²) in [6, 6.07) is 19.1. The molecule has 3 aromatic carbocycles. The average molecular weight is 453 g/mol. The number of nitrogens with one attached hydrogen (secondary N) is 1. The van der Waals surface area contributed by atoms with Crippen molar-refractivity contribution in [2.75, 3.05) is 24.5 Å². The Bertz CT molecular complexity index is 1190. The maximum Gasteiger partial charge on any atom is 0.264 e. The molecule has 168 valence electrons. The zero-order valence-corrected chi connectivity index (χ0v) is 19.6. The van der Waals surface area contributed by atoms with Gasteiger partial charge < -0.3 is 10.1 Å². The minimum absolute atomic E-state index is 0.219. The summed E-state index contributed by atoms with van der Waals surface area (Å²) in [5.74, 6) is 0.562. The fourth-order valence-electron chi connectivity index (χ4n) is 3.12. The fourth-order valence-corrected chi connectivity index (χ4v) is 4.32. The molecule has 0 atom stereocenters. The first-order chi connectivity index (χ1) is 15.2. The van der Waals surface area contributed by atoms with Gasteiger partial charge in [-0.3, -0.25) is 9.10 Å². The van der Waals surface area contributed by atoms with E-state index in [0.29, 0.717) is 24.4 Å². The summed E-state index contributed by atoms with van der Waals surface area (Å²) in [4.78, 5) is 12.6. The van der Waals surface area contributed by atoms with Crippen molar-refractivity contribution in [2.45, 2.75) is 25.7 Å². The molecule has 0 fully saturated rings. The van der Waals surface area contributed by atoms with Gasteiger partial charge >= 0.3 is 0 Å². The van der Waals surface area contributed by atoms with E-state index in [9.17, 15) is 13.2 Å². The van der Waals surface area contributed by atoms with Gasteiger partial charge in [-0.2, -0.15) is 0 Å². The molecule has 0 saturated heterocycles. The van der Waals surface area contributed by atoms with E-state index in [-0.39, 0.29) is 10.8 Å². The van der Waals surface area contributed by atoms with Crippen molar-refractivity contribution in [3.8, 4) is 5.75 Å². The number of rotatable bonds is 8. The highest BCUT2D eigenvalue weighted by Crippen LogP contribution is 2.23. The Morgan fingerprint density at radius 2 is 1.53 bits per heavy atom. The summed E-state index contributed by atoms with van der Waals surface area (Å²) in [7, 11) is -2.18. The molecule has 0 unspecified atom stereocenters. The lowest BCUT2D eigenvalue weighted by molar-refractivity contribution is 0.0947. The quantitative estimate of drug-likeness (QED) is 0.519. The van der Waals surface area contributed by atoms with Crippen molar-refractivity contribution in [2.24, 2.45) is 0 Å². The van der Waals surface area contributed by atoms with Crippen LogP contribution in [0.1, 0.15) is 27.0 Å². The van der Waals surface area contributed by atoms with Crippen LogP contribution in [0.5, 0.6) is 5.75 Å². The van der Waals surface area contributed by atoms with Gasteiger partial charge in [0.2, 0.25) is 0 Å². The second-order valence-corrected chi connectivity index (χ2v) is 9.68. The average Bonchev–Trinajstić information content (AvgIpc) is 2.78. The smallest absolute Gasteiger partial charge is 0.264 e. The number of amides is 1. The molecule has 0 radical (unpaired) electrons. The van der Waals surface area contributed by atoms with Crippen molar-refractivity contribution in [1.29, 1.82) is 0 Å². The maximum absolute atomic E-state index is 12.8. The van der Waals surface area contributed by atoms with E-state index in [1.165, 1.54) is 11.4 Å². The number of nitrogens with zero attached hydrogens (tertiary/aromatic N) is 1. The number of hydrogen-bond acceptors (Lipinski definition) is 4. The van der Waals surface area contributed by atoms with Crippen LogP contribution in [-0.4, -0.2) is 34.5 Å². The van der Waals surface area contributed by atoms with E-state index in [0.717, 1.165) is 22.4 Å². The highest BCUT2D eigenvalue weighted by molar-refractivity contribution is 7.92. The van der Waals surface area contributed by atoms with Crippen molar-refractivity contribution in [3.05, 3.63) is 89.0 Å². The summed E-state index contributed by atoms with van der Waals surface area (Å²) in [5.41, 5.74) is 4.06. The number of anilines is 1. The Morgan fingerprint density at radius 1 is 0.906 bits per heavy atom. The number of hydrogen-bond donors (Lipinski definition) is 1. The summed E-state index contributed by atoms with van der Waals surface area (Å²) in [5, 5.41) is 2.82. The SMILES string of the molecule is Cc1ccc(S(=O)(=O)N(C)c2ccc(C(=O)NCCOc3cc(C)ccc3C)cc2)cc1. The molecular formula is C25H28N2O4S. The van der Waals surface area contributed by atoms with Gasteiger partial charge in [-0.25, -0.2) is 8.42 Å². The summed E-state index contributed by atoms with van der Waals surface area (Å²) in [6.45, 7) is 6.59. The van der Waals surface area contributed by atoms with Crippen molar-refractivity contribution in [3.63, 3.8) is 0 Å². The van der Waals surface area contributed by atoms with Gasteiger partial charge in [0.1, 0.15) is 12.4 Å². The summed E-state index contributed by atoms with van der Waals surface area (Å²) >= 11 is 0. The van der Waals surface area contributed by atoms with Gasteiger partial charge in [0.15, 0.2) is 0 Å². The van der Waals surface area contributed by atoms with Gasteiger partial charge in [0.05, 0.1) is 17.1 Å². The Labute approximate surface area is 189 Å². The minimum Gasteiger partial charge on any atom is -0.491 e. The number of sulfonamides is 1. The normalized spacial score (nSPS) is 11.1. The van der Waals surface area contributed by atoms with E-state index >= 15 is 0 Å². The minimum atomic E-state index is -3.68. The molecule has 0 aromatic heterocycles. The van der Waals surface area contributed by atoms with Crippen LogP contribution in [-0.2, 0) is 10.0 Å². The standard InChI is InChI=1S/C25H28N2O4S/c1-18-6-13-23(14-7-18)32(29,30)27(4)22-11-9-21(10-12-22)25(28)26-15-16-31-24-17-19(2)5-8-20(24)3/h5-14,17H,15-16H2,1-4H3,(H,26,28). The summed E-state index contributed by atoms with van der Waals surface area (Å²) < 4.78 is 32.6. The molecule has 0 aliphatic heterocycles. The lowest BCUT2D eigenvalue weighted by atomic mass is 10.1. The maximum atomic E-state index is 12.8. The molecule has 6 nitrogen and oxygen atoms in total. The Hall–Kier alpha value is -3.32. The van der Waals surface area contributed by atoms with Gasteiger partial charge in [0.25, 0.3) is 15.9 Å². The Morgan fingerprint density at radius 3 is 2.19 bits per heavy atom. The van der Waals surface area contributed by atoms with Crippen LogP contribution in [0.25, 0.3) is 0 Å². The molecule has 0 spiro atoms. The molecule has 32 heavy (non-hydrogen) atoms. The highest BCUT2D eigenvalue weighted by Gasteiger charge is 2.21. The molecule has 3 aromatic rings. The zero-order chi connectivity index (χ0) is 23.3. The van der Waals surface area contributed by atoms with Crippen LogP contribution in [0, 0.1) is 20.8 Å². The number of carbonyl (C=O) groups excluding carboxylic acids is 1. The van der Waals surface area contributed by atoms with Crippen LogP contribution in [0.4, 0.5) is 5.69 Å². The highest BCUT2D eigenvalue weighted by atomic mass is 32.2. The topological polar surface area (TPSA) is 75.7 Å². The predicted molar refractivity (Wildman–Crippen MR) is 127 cm³/mol. The van der Waals surface area contributed by atoms with Crippen molar-refractivity contribution < 1.29 is 17.9 Å². The third kappa shape index (κ3) is 5.48. The molecule has 1 amide bonds. The van der Waals surface area contributed by atoms with Crippen LogP contribution < -0.4 is 14.4 Å². The molecule has 0 heterocycles. The number of benzene rings is 3. The predicted octanol–water partition coefficient (Wildman–Crippen LogP) is 4.25. The van der Waals surface area contributed by atoms with Gasteiger partial charge in [-0.15, -0.1) is 0 Å². The largest absolute Gasteiger partial charge is 0.491 e. The molecule has 7 heteroatoms. The zero-order valence-electron chi connectivity index (χ0n) is 18.8. The number of ether oxygens (including phenoxy) is 1.